The van der Waals surface area contributed by atoms with E-state index in [1.54, 1.807) is 4.68 Å². The molecule has 0 saturated heterocycles. The van der Waals surface area contributed by atoms with Crippen LogP contribution in [0.1, 0.15) is 6.92 Å². The third-order valence-corrected chi connectivity index (χ3v) is 3.18. The fourth-order valence-electron chi connectivity index (χ4n) is 0.898. The molecule has 0 saturated carbocycles. The quantitative estimate of drug-likeness (QED) is 0.539. The average Bonchev–Trinajstić information content (AvgIpc) is 2.62. The van der Waals surface area contributed by atoms with E-state index in [1.807, 2.05) is 21.0 Å². The Morgan fingerprint density at radius 2 is 2.33 bits per heavy atom. The van der Waals surface area contributed by atoms with Crippen molar-refractivity contribution >= 4 is 29.3 Å². The van der Waals surface area contributed by atoms with E-state index in [1.165, 1.54) is 11.8 Å². The molecule has 0 amide bonds. The molecule has 0 N–H and O–H groups in total. The molecule has 1 aromatic heterocycles. The van der Waals surface area contributed by atoms with Gasteiger partial charge in [0.15, 0.2) is 0 Å². The Morgan fingerprint density at radius 3 is 2.93 bits per heavy atom. The number of likely N-dealkylation sites (N-methyl/N-ethyl adjacent to an activating group) is 1. The maximum absolute atomic E-state index is 4.74. The maximum atomic E-state index is 4.74. The molecule has 0 aliphatic carbocycles. The molecule has 0 spiro atoms. The van der Waals surface area contributed by atoms with Gasteiger partial charge in [-0.1, -0.05) is 24.0 Å². The molecular formula is C8H14N5S2. The summed E-state index contributed by atoms with van der Waals surface area (Å²) >= 11 is 6.26. The second-order valence-corrected chi connectivity index (χ2v) is 4.91. The summed E-state index contributed by atoms with van der Waals surface area (Å²) in [6, 6.07) is 0. The van der Waals surface area contributed by atoms with Gasteiger partial charge in [-0.25, -0.2) is 4.68 Å². The molecule has 1 rings (SSSR count). The summed E-state index contributed by atoms with van der Waals surface area (Å²) in [5.41, 5.74) is 0. The standard InChI is InChI=1S/C8H14N5S2/c1-7(6-14)15-8-9-10-11-13(8)5-4-12(2)3/h7H,4-5H2,1-3H3. The van der Waals surface area contributed by atoms with E-state index in [9.17, 15) is 0 Å². The van der Waals surface area contributed by atoms with Gasteiger partial charge in [0.1, 0.15) is 0 Å². The molecule has 1 radical (unpaired) electrons. The lowest BCUT2D eigenvalue weighted by atomic mass is 10.6. The molecule has 0 bridgehead atoms. The molecule has 0 aliphatic rings. The summed E-state index contributed by atoms with van der Waals surface area (Å²) in [5, 5.41) is 15.2. The second kappa shape index (κ2) is 6.14. The highest BCUT2D eigenvalue weighted by Crippen LogP contribution is 2.18. The largest absolute Gasteiger partial charge is 0.308 e. The summed E-state index contributed by atoms with van der Waals surface area (Å²) in [5.74, 6) is 0. The van der Waals surface area contributed by atoms with Crippen molar-refractivity contribution in [1.82, 2.24) is 25.1 Å². The van der Waals surface area contributed by atoms with Gasteiger partial charge in [0.05, 0.1) is 6.54 Å². The SMILES string of the molecule is CC([C]=S)Sc1nnnn1CCN(C)C. The van der Waals surface area contributed by atoms with Crippen LogP contribution in [0.4, 0.5) is 0 Å². The smallest absolute Gasteiger partial charge is 0.209 e. The van der Waals surface area contributed by atoms with Crippen molar-refractivity contribution in [3.8, 4) is 0 Å². The molecule has 0 aliphatic heterocycles. The lowest BCUT2D eigenvalue weighted by Crippen LogP contribution is -2.19. The fraction of sp³-hybridized carbons (Fsp3) is 0.750. The van der Waals surface area contributed by atoms with Crippen LogP contribution in [-0.2, 0) is 6.54 Å². The first-order valence-electron chi connectivity index (χ1n) is 4.58. The average molecular weight is 244 g/mol. The van der Waals surface area contributed by atoms with E-state index in [4.69, 9.17) is 12.2 Å². The summed E-state index contributed by atoms with van der Waals surface area (Å²) < 4.78 is 1.79. The number of nitrogens with zero attached hydrogens (tertiary/aromatic N) is 5. The van der Waals surface area contributed by atoms with E-state index in [2.05, 4.69) is 25.8 Å². The van der Waals surface area contributed by atoms with E-state index in [0.29, 0.717) is 0 Å². The molecule has 7 heteroatoms. The number of hydrogen-bond donors (Lipinski definition) is 0. The molecule has 15 heavy (non-hydrogen) atoms. The first kappa shape index (κ1) is 12.5. The van der Waals surface area contributed by atoms with Gasteiger partial charge >= 0.3 is 0 Å². The van der Waals surface area contributed by atoms with Crippen molar-refractivity contribution < 1.29 is 0 Å². The Kier molecular flexibility index (Phi) is 5.13. The van der Waals surface area contributed by atoms with E-state index in [-0.39, 0.29) is 5.25 Å². The van der Waals surface area contributed by atoms with Gasteiger partial charge in [0, 0.05) is 17.2 Å². The first-order chi connectivity index (χ1) is 7.13. The van der Waals surface area contributed by atoms with Gasteiger partial charge in [0.25, 0.3) is 0 Å². The lowest BCUT2D eigenvalue weighted by molar-refractivity contribution is 0.361. The zero-order chi connectivity index (χ0) is 11.3. The lowest BCUT2D eigenvalue weighted by Gasteiger charge is -2.10. The van der Waals surface area contributed by atoms with Crippen molar-refractivity contribution in [3.05, 3.63) is 0 Å². The predicted octanol–water partition coefficient (Wildman–Crippen LogP) is 0.592. The van der Waals surface area contributed by atoms with Crippen molar-refractivity contribution in [2.24, 2.45) is 0 Å². The highest BCUT2D eigenvalue weighted by Gasteiger charge is 2.10. The Bertz CT molecular complexity index is 312. The van der Waals surface area contributed by atoms with E-state index < -0.39 is 0 Å². The summed E-state index contributed by atoms with van der Waals surface area (Å²) in [4.78, 5) is 2.09. The van der Waals surface area contributed by atoms with Gasteiger partial charge in [-0.3, -0.25) is 0 Å². The highest BCUT2D eigenvalue weighted by molar-refractivity contribution is 8.01. The minimum Gasteiger partial charge on any atom is -0.308 e. The molecule has 83 valence electrons. The molecular weight excluding hydrogens is 230 g/mol. The zero-order valence-electron chi connectivity index (χ0n) is 9.04. The Morgan fingerprint density at radius 1 is 1.60 bits per heavy atom. The molecule has 1 unspecified atom stereocenters. The predicted molar refractivity (Wildman–Crippen MR) is 64.3 cm³/mol. The number of aromatic nitrogens is 4. The van der Waals surface area contributed by atoms with Gasteiger partial charge in [0.2, 0.25) is 5.16 Å². The minimum absolute atomic E-state index is 0.129. The first-order valence-corrected chi connectivity index (χ1v) is 5.87. The molecule has 0 fully saturated rings. The number of rotatable bonds is 6. The Labute approximate surface area is 99.2 Å². The highest BCUT2D eigenvalue weighted by atomic mass is 32.2. The van der Waals surface area contributed by atoms with Crippen molar-refractivity contribution in [2.75, 3.05) is 20.6 Å². The molecule has 5 nitrogen and oxygen atoms in total. The maximum Gasteiger partial charge on any atom is 0.209 e. The van der Waals surface area contributed by atoms with Gasteiger partial charge in [-0.15, -0.1) is 5.10 Å². The van der Waals surface area contributed by atoms with E-state index in [0.717, 1.165) is 18.2 Å². The number of thioether (sulfide) groups is 1. The van der Waals surface area contributed by atoms with Crippen LogP contribution in [0, 0.1) is 0 Å². The van der Waals surface area contributed by atoms with Crippen molar-refractivity contribution in [2.45, 2.75) is 23.9 Å². The van der Waals surface area contributed by atoms with Crippen LogP contribution in [0.15, 0.2) is 5.16 Å². The van der Waals surface area contributed by atoms with Crippen molar-refractivity contribution in [3.63, 3.8) is 0 Å². The van der Waals surface area contributed by atoms with Crippen LogP contribution < -0.4 is 0 Å². The molecule has 1 heterocycles. The molecule has 0 aromatic carbocycles. The third kappa shape index (κ3) is 4.23. The topological polar surface area (TPSA) is 46.8 Å². The fourth-order valence-corrected chi connectivity index (χ4v) is 1.74. The van der Waals surface area contributed by atoms with Crippen LogP contribution >= 0.6 is 24.0 Å². The summed E-state index contributed by atoms with van der Waals surface area (Å²) in [6.45, 7) is 3.67. The van der Waals surface area contributed by atoms with Crippen LogP contribution in [-0.4, -0.2) is 56.4 Å². The summed E-state index contributed by atoms with van der Waals surface area (Å²) in [6.07, 6.45) is 0. The second-order valence-electron chi connectivity index (χ2n) is 3.37. The number of hydrogen-bond acceptors (Lipinski definition) is 6. The molecule has 1 atom stereocenters. The van der Waals surface area contributed by atoms with Crippen LogP contribution in [0.25, 0.3) is 0 Å². The van der Waals surface area contributed by atoms with Gasteiger partial charge < -0.3 is 4.90 Å². The minimum atomic E-state index is 0.129. The Hall–Kier alpha value is -0.530. The van der Waals surface area contributed by atoms with Gasteiger partial charge in [-0.2, -0.15) is 0 Å². The van der Waals surface area contributed by atoms with E-state index >= 15 is 0 Å². The number of thiocarbonyl (C=S) groups is 1. The van der Waals surface area contributed by atoms with Crippen molar-refractivity contribution in [1.29, 1.82) is 0 Å². The summed E-state index contributed by atoms with van der Waals surface area (Å²) in [7, 11) is 4.04. The molecule has 1 aromatic rings. The van der Waals surface area contributed by atoms with Crippen LogP contribution in [0.5, 0.6) is 0 Å². The monoisotopic (exact) mass is 244 g/mol. The zero-order valence-corrected chi connectivity index (χ0v) is 10.7. The number of tetrazole rings is 1. The van der Waals surface area contributed by atoms with Crippen LogP contribution in [0.3, 0.4) is 0 Å². The van der Waals surface area contributed by atoms with Crippen LogP contribution in [0.2, 0.25) is 0 Å². The Balaban J connectivity index is 2.56. The normalized spacial score (nSPS) is 13.1. The van der Waals surface area contributed by atoms with Gasteiger partial charge in [-0.05, 0) is 31.4 Å². The third-order valence-electron chi connectivity index (χ3n) is 1.71.